The molecule has 0 amide bonds. The fraction of sp³-hybridized carbons (Fsp3) is 0.417. The maximum Gasteiger partial charge on any atom is 0.310 e. The van der Waals surface area contributed by atoms with E-state index in [2.05, 4.69) is 0 Å². The van der Waals surface area contributed by atoms with Crippen LogP contribution in [0.15, 0.2) is 0 Å². The normalized spacial score (nSPS) is 22.6. The fourth-order valence-corrected chi connectivity index (χ4v) is 2.33. The average Bonchev–Trinajstić information content (AvgIpc) is 2.72. The molecule has 0 aromatic heterocycles. The van der Waals surface area contributed by atoms with Crippen LogP contribution in [0.25, 0.3) is 0 Å². The first-order chi connectivity index (χ1) is 9.90. The molecule has 0 saturated heterocycles. The van der Waals surface area contributed by atoms with Gasteiger partial charge in [0.05, 0.1) is 5.56 Å². The molecule has 2 atom stereocenters. The minimum absolute atomic E-state index is 0.00556. The second-order valence-electron chi connectivity index (χ2n) is 6.52. The van der Waals surface area contributed by atoms with Gasteiger partial charge < -0.3 is 24.6 Å². The number of phenols is 1. The molecule has 0 bridgehead atoms. The van der Waals surface area contributed by atoms with E-state index >= 15 is 0 Å². The van der Waals surface area contributed by atoms with Gasteiger partial charge in [-0.1, -0.05) is 5.46 Å². The van der Waals surface area contributed by atoms with Gasteiger partial charge >= 0.3 is 5.87 Å². The monoisotopic (exact) mass is 301 g/mol. The minimum Gasteiger partial charge on any atom is -0.504 e. The number of ketones is 1. The zero-order chi connectivity index (χ0) is 17.0. The molecule has 0 fully saturated rings. The van der Waals surface area contributed by atoms with Crippen molar-refractivity contribution in [2.45, 2.75) is 18.2 Å². The largest absolute Gasteiger partial charge is 0.504 e. The Morgan fingerprint density at radius 3 is 2.23 bits per heavy atom. The third-order valence-corrected chi connectivity index (χ3v) is 4.42. The Kier molecular flexibility index (Phi) is 3.82. The van der Waals surface area contributed by atoms with Crippen LogP contribution >= 0.6 is 0 Å². The molecule has 1 heterocycles. The molecule has 1 aliphatic rings. The van der Waals surface area contributed by atoms with Gasteiger partial charge in [-0.25, -0.2) is 0 Å². The van der Waals surface area contributed by atoms with E-state index in [4.69, 9.17) is 9.47 Å². The predicted molar refractivity (Wildman–Crippen MR) is 94.2 cm³/mol. The smallest absolute Gasteiger partial charge is 0.310 e. The summed E-state index contributed by atoms with van der Waals surface area (Å²) in [5.41, 5.74) is 0.655. The second-order valence-corrected chi connectivity index (χ2v) is 6.52. The van der Waals surface area contributed by atoms with Crippen LogP contribution in [0.3, 0.4) is 0 Å². The summed E-state index contributed by atoms with van der Waals surface area (Å²) in [6.07, 6.45) is 0. The van der Waals surface area contributed by atoms with E-state index in [-0.39, 0.29) is 28.6 Å². The van der Waals surface area contributed by atoms with E-state index in [1.807, 2.05) is 0 Å². The number of carbonyl (C=O) groups is 1. The number of fused-ring (bicyclic) bond motifs is 1. The quantitative estimate of drug-likeness (QED) is 0.430. The summed E-state index contributed by atoms with van der Waals surface area (Å²) in [6, 6.07) is 0. The molecular formula is C12H19B4NO5. The molecule has 2 unspecified atom stereocenters. The van der Waals surface area contributed by atoms with Crippen LogP contribution in [0.4, 0.5) is 0 Å². The number of aromatic hydroxyl groups is 1. The molecule has 1 aromatic rings. The van der Waals surface area contributed by atoms with Crippen LogP contribution in [-0.4, -0.2) is 77.7 Å². The van der Waals surface area contributed by atoms with Crippen molar-refractivity contribution in [1.29, 1.82) is 0 Å². The Bertz CT molecular complexity index is 660. The third-order valence-electron chi connectivity index (χ3n) is 4.42. The summed E-state index contributed by atoms with van der Waals surface area (Å²) in [5, 5.41) is 20.4. The predicted octanol–water partition coefficient (Wildman–Crippen LogP) is -4.99. The molecule has 6 nitrogen and oxygen atoms in total. The van der Waals surface area contributed by atoms with Gasteiger partial charge in [-0.2, -0.15) is 0 Å². The van der Waals surface area contributed by atoms with Gasteiger partial charge in [-0.15, -0.1) is 0 Å². The van der Waals surface area contributed by atoms with Crippen LogP contribution in [0.1, 0.15) is 17.3 Å². The highest BCUT2D eigenvalue weighted by Crippen LogP contribution is 2.44. The first kappa shape index (κ1) is 16.8. The number of ether oxygens (including phenoxy) is 2. The Labute approximate surface area is 133 Å². The molecule has 0 saturated carbocycles. The van der Waals surface area contributed by atoms with Crippen LogP contribution in [0.2, 0.25) is 0 Å². The van der Waals surface area contributed by atoms with Crippen molar-refractivity contribution in [2.24, 2.45) is 0 Å². The molecular weight excluding hydrogens is 281 g/mol. The number of benzene rings is 1. The summed E-state index contributed by atoms with van der Waals surface area (Å²) in [5.74, 6) is -2.11. The van der Waals surface area contributed by atoms with Crippen LogP contribution < -0.4 is 20.4 Å². The zero-order valence-corrected chi connectivity index (χ0v) is 14.1. The number of nitrogens with zero attached hydrogens (tertiary/aromatic N) is 1. The molecule has 10 heteroatoms. The lowest BCUT2D eigenvalue weighted by Gasteiger charge is -2.32. The summed E-state index contributed by atoms with van der Waals surface area (Å²) in [6.45, 7) is 1.78. The third kappa shape index (κ3) is 2.40. The van der Waals surface area contributed by atoms with Crippen molar-refractivity contribution in [3.8, 4) is 17.2 Å². The number of carbonyl (C=O) groups excluding carboxylic acids is 1. The number of hydrogen-bond acceptors (Lipinski definition) is 6. The van der Waals surface area contributed by atoms with Crippen molar-refractivity contribution in [1.82, 2.24) is 4.90 Å². The Morgan fingerprint density at radius 1 is 1.23 bits per heavy atom. The van der Waals surface area contributed by atoms with E-state index in [1.54, 1.807) is 49.5 Å². The molecule has 2 N–H and O–H groups in total. The Balaban J connectivity index is 2.67. The molecule has 0 radical (unpaired) electrons. The summed E-state index contributed by atoms with van der Waals surface area (Å²) in [7, 11) is 10.2. The number of likely N-dealkylation sites (N-methyl/N-ethyl adjacent to an activating group) is 1. The first-order valence-corrected chi connectivity index (χ1v) is 7.09. The Morgan fingerprint density at radius 2 is 1.73 bits per heavy atom. The van der Waals surface area contributed by atoms with E-state index in [0.29, 0.717) is 10.9 Å². The number of phenolic OH excluding ortho intramolecular Hbond substituents is 1. The molecule has 0 spiro atoms. The van der Waals surface area contributed by atoms with Crippen LogP contribution in [-0.2, 0) is 0 Å². The van der Waals surface area contributed by atoms with Crippen molar-refractivity contribution >= 4 is 48.1 Å². The van der Waals surface area contributed by atoms with Crippen LogP contribution in [0, 0.1) is 0 Å². The number of rotatable bonds is 3. The SMILES string of the molecule is Bc1c(B)c(C(=O)C(B)(C)N(C)C)c(O)c2c1OC(B)(O)O2. The minimum atomic E-state index is -1.85. The van der Waals surface area contributed by atoms with Gasteiger partial charge in [0.1, 0.15) is 23.5 Å². The maximum atomic E-state index is 12.9. The maximum absolute atomic E-state index is 12.9. The van der Waals surface area contributed by atoms with Gasteiger partial charge in [-0.3, -0.25) is 4.79 Å². The molecule has 1 aromatic carbocycles. The number of aliphatic hydroxyl groups is 1. The first-order valence-electron chi connectivity index (χ1n) is 7.09. The fourth-order valence-electron chi connectivity index (χ4n) is 2.33. The van der Waals surface area contributed by atoms with Gasteiger partial charge in [-0.05, 0) is 26.5 Å². The van der Waals surface area contributed by atoms with E-state index in [1.165, 1.54) is 7.85 Å². The van der Waals surface area contributed by atoms with E-state index in [0.717, 1.165) is 0 Å². The highest BCUT2D eigenvalue weighted by atomic mass is 16.8. The molecule has 1 aliphatic heterocycles. The van der Waals surface area contributed by atoms with Crippen molar-refractivity contribution in [3.05, 3.63) is 5.56 Å². The summed E-state index contributed by atoms with van der Waals surface area (Å²) in [4.78, 5) is 14.7. The van der Waals surface area contributed by atoms with Crippen molar-refractivity contribution < 1.29 is 24.5 Å². The van der Waals surface area contributed by atoms with Gasteiger partial charge in [0.25, 0.3) is 7.85 Å². The van der Waals surface area contributed by atoms with Gasteiger partial charge in [0.15, 0.2) is 17.3 Å². The van der Waals surface area contributed by atoms with Crippen molar-refractivity contribution in [3.63, 3.8) is 0 Å². The zero-order valence-electron chi connectivity index (χ0n) is 14.1. The lowest BCUT2D eigenvalue weighted by molar-refractivity contribution is -0.178. The molecule has 22 heavy (non-hydrogen) atoms. The highest BCUT2D eigenvalue weighted by Gasteiger charge is 2.42. The summed E-state index contributed by atoms with van der Waals surface area (Å²) >= 11 is 0. The molecule has 2 rings (SSSR count). The van der Waals surface area contributed by atoms with Gasteiger partial charge in [0, 0.05) is 5.44 Å². The lowest BCUT2D eigenvalue weighted by Crippen LogP contribution is -2.51. The van der Waals surface area contributed by atoms with Gasteiger partial charge in [0.2, 0.25) is 5.75 Å². The standard InChI is InChI=1S/C12H19B4NO5/c1-11(15,17(2)3)10(19)4-5(13)6(14)8-9(7(4)18)22-12(16,20)21-8/h18,20H,13-16H2,1-3H3. The van der Waals surface area contributed by atoms with Crippen molar-refractivity contribution in [2.75, 3.05) is 14.1 Å². The number of Topliss-reactive ketones (excluding diaryl/α,β-unsaturated/α-hetero) is 1. The molecule has 0 aliphatic carbocycles. The Hall–Kier alpha value is -1.53. The van der Waals surface area contributed by atoms with E-state index < -0.39 is 11.3 Å². The number of hydrogen-bond donors (Lipinski definition) is 2. The summed E-state index contributed by atoms with van der Waals surface area (Å²) < 4.78 is 10.5. The highest BCUT2D eigenvalue weighted by molar-refractivity contribution is 6.53. The average molecular weight is 301 g/mol. The van der Waals surface area contributed by atoms with E-state index in [9.17, 15) is 15.0 Å². The second kappa shape index (κ2) is 4.99. The van der Waals surface area contributed by atoms with Crippen LogP contribution in [0.5, 0.6) is 17.2 Å². The topological polar surface area (TPSA) is 79.2 Å². The molecule has 114 valence electrons. The lowest BCUT2D eigenvalue weighted by atomic mass is 9.67.